The first-order valence-electron chi connectivity index (χ1n) is 11.7. The van der Waals surface area contributed by atoms with Crippen molar-refractivity contribution in [2.75, 3.05) is 40.4 Å². The van der Waals surface area contributed by atoms with Gasteiger partial charge in [0.2, 0.25) is 0 Å². The van der Waals surface area contributed by atoms with Gasteiger partial charge in [-0.1, -0.05) is 23.7 Å². The number of nitrogens with zero attached hydrogens (tertiary/aromatic N) is 2. The van der Waals surface area contributed by atoms with E-state index in [0.29, 0.717) is 19.4 Å². The van der Waals surface area contributed by atoms with Crippen LogP contribution in [-0.4, -0.2) is 73.6 Å². The molecule has 1 spiro atoms. The van der Waals surface area contributed by atoms with Crippen LogP contribution in [0.1, 0.15) is 51.0 Å². The minimum atomic E-state index is -0.724. The summed E-state index contributed by atoms with van der Waals surface area (Å²) in [6.45, 7) is 5.61. The van der Waals surface area contributed by atoms with Gasteiger partial charge in [0, 0.05) is 38.2 Å². The van der Waals surface area contributed by atoms with Gasteiger partial charge in [0.05, 0.1) is 11.6 Å². The highest BCUT2D eigenvalue weighted by molar-refractivity contribution is 6.30. The Morgan fingerprint density at radius 3 is 2.62 bits per heavy atom. The molecule has 2 saturated heterocycles. The summed E-state index contributed by atoms with van der Waals surface area (Å²) in [5.74, 6) is -1.19. The van der Waals surface area contributed by atoms with E-state index >= 15 is 0 Å². The second kappa shape index (κ2) is 11.6. The molecular formula is C25H37ClN2O4. The number of rotatable bonds is 3. The van der Waals surface area contributed by atoms with Gasteiger partial charge in [0.15, 0.2) is 0 Å². The summed E-state index contributed by atoms with van der Waals surface area (Å²) >= 11 is 6.15. The molecule has 0 N–H and O–H groups in total. The summed E-state index contributed by atoms with van der Waals surface area (Å²) < 4.78 is 11.3. The van der Waals surface area contributed by atoms with E-state index in [0.717, 1.165) is 56.9 Å². The Balaban J connectivity index is 1.68. The fourth-order valence-corrected chi connectivity index (χ4v) is 5.03. The second-order valence-electron chi connectivity index (χ2n) is 9.39. The predicted octanol–water partition coefficient (Wildman–Crippen LogP) is 3.94. The molecule has 0 aliphatic carbocycles. The Morgan fingerprint density at radius 2 is 1.94 bits per heavy atom. The van der Waals surface area contributed by atoms with Gasteiger partial charge >= 0.3 is 5.97 Å². The highest BCUT2D eigenvalue weighted by Crippen LogP contribution is 2.31. The smallest absolute Gasteiger partial charge is 0.316 e. The molecule has 32 heavy (non-hydrogen) atoms. The lowest BCUT2D eigenvalue weighted by molar-refractivity contribution is -0.156. The molecule has 2 aliphatic heterocycles. The number of methoxy groups -OCH3 is 1. The Hall–Kier alpha value is -1.47. The third kappa shape index (κ3) is 6.53. The van der Waals surface area contributed by atoms with Crippen molar-refractivity contribution in [1.82, 2.24) is 9.80 Å². The number of likely N-dealkylation sites (tertiary alicyclic amines) is 1. The lowest BCUT2D eigenvalue weighted by atomic mass is 9.86. The number of hydrogen-bond acceptors (Lipinski definition) is 6. The maximum Gasteiger partial charge on any atom is 0.316 e. The van der Waals surface area contributed by atoms with Crippen LogP contribution in [0.5, 0.6) is 0 Å². The number of carbonyl (C=O) groups is 2. The van der Waals surface area contributed by atoms with Crippen molar-refractivity contribution in [3.63, 3.8) is 0 Å². The molecule has 6 nitrogen and oxygen atoms in total. The average Bonchev–Trinajstić information content (AvgIpc) is 2.79. The summed E-state index contributed by atoms with van der Waals surface area (Å²) in [6, 6.07) is 8.01. The number of esters is 1. The molecule has 1 aromatic rings. The Labute approximate surface area is 197 Å². The largest absolute Gasteiger partial charge is 0.463 e. The molecule has 2 atom stereocenters. The molecule has 2 aliphatic rings. The molecule has 0 amide bonds. The van der Waals surface area contributed by atoms with Crippen molar-refractivity contribution in [2.45, 2.75) is 63.6 Å². The molecule has 178 valence electrons. The topological polar surface area (TPSA) is 59.1 Å². The predicted molar refractivity (Wildman–Crippen MR) is 126 cm³/mol. The van der Waals surface area contributed by atoms with E-state index in [1.54, 1.807) is 14.0 Å². The summed E-state index contributed by atoms with van der Waals surface area (Å²) in [4.78, 5) is 29.9. The van der Waals surface area contributed by atoms with Gasteiger partial charge in [-0.05, 0) is 70.3 Å². The summed E-state index contributed by atoms with van der Waals surface area (Å²) in [7, 11) is 3.84. The van der Waals surface area contributed by atoms with E-state index in [2.05, 4.69) is 22.9 Å². The third-order valence-electron chi connectivity index (χ3n) is 7.28. The standard InChI is InChI=1S/C25H37ClN2O4/c1-19-23(29)10-9-22(31-3)8-5-13-27(2)25(18-32-24(19)30)11-14-28(15-12-25)17-20-6-4-7-21(26)16-20/h4,6-7,16,19,22H,5,8-15,17-18H2,1-3H3. The van der Waals surface area contributed by atoms with Crippen LogP contribution < -0.4 is 0 Å². The molecule has 0 aromatic heterocycles. The SMILES string of the molecule is COC1CCCN(C)C2(CCN(Cc3cccc(Cl)c3)CC2)COC(=O)C(C)C(=O)CC1. The van der Waals surface area contributed by atoms with Crippen LogP contribution in [0.3, 0.4) is 0 Å². The van der Waals surface area contributed by atoms with Crippen molar-refractivity contribution < 1.29 is 19.1 Å². The van der Waals surface area contributed by atoms with Crippen LogP contribution in [-0.2, 0) is 25.6 Å². The van der Waals surface area contributed by atoms with Crippen molar-refractivity contribution in [3.8, 4) is 0 Å². The first-order chi connectivity index (χ1) is 15.3. The minimum Gasteiger partial charge on any atom is -0.463 e. The summed E-state index contributed by atoms with van der Waals surface area (Å²) in [5.41, 5.74) is 1.00. The number of Topliss-reactive ketones (excluding diaryl/α,β-unsaturated/α-hetero) is 1. The van der Waals surface area contributed by atoms with E-state index in [-0.39, 0.29) is 17.4 Å². The van der Waals surface area contributed by atoms with E-state index in [9.17, 15) is 9.59 Å². The number of ether oxygens (including phenoxy) is 2. The van der Waals surface area contributed by atoms with E-state index in [1.807, 2.05) is 18.2 Å². The van der Waals surface area contributed by atoms with Crippen LogP contribution in [0.15, 0.2) is 24.3 Å². The van der Waals surface area contributed by atoms with Crippen molar-refractivity contribution in [1.29, 1.82) is 0 Å². The first kappa shape index (κ1) is 25.2. The summed E-state index contributed by atoms with van der Waals surface area (Å²) in [5, 5.41) is 0.760. The van der Waals surface area contributed by atoms with Gasteiger partial charge < -0.3 is 9.47 Å². The fraction of sp³-hybridized carbons (Fsp3) is 0.680. The zero-order chi connectivity index (χ0) is 23.1. The number of ketones is 1. The average molecular weight is 465 g/mol. The summed E-state index contributed by atoms with van der Waals surface area (Å²) in [6.07, 6.45) is 4.77. The number of halogens is 1. The maximum absolute atomic E-state index is 12.6. The molecule has 2 unspecified atom stereocenters. The molecule has 0 radical (unpaired) electrons. The molecule has 2 fully saturated rings. The van der Waals surface area contributed by atoms with Crippen LogP contribution >= 0.6 is 11.6 Å². The van der Waals surface area contributed by atoms with Crippen LogP contribution in [0, 0.1) is 5.92 Å². The van der Waals surface area contributed by atoms with Gasteiger partial charge in [0.25, 0.3) is 0 Å². The molecule has 2 heterocycles. The maximum atomic E-state index is 12.6. The number of cyclic esters (lactones) is 1. The number of benzene rings is 1. The highest BCUT2D eigenvalue weighted by atomic mass is 35.5. The lowest BCUT2D eigenvalue weighted by Crippen LogP contribution is -2.57. The van der Waals surface area contributed by atoms with E-state index in [1.165, 1.54) is 5.56 Å². The van der Waals surface area contributed by atoms with Crippen molar-refractivity contribution in [3.05, 3.63) is 34.9 Å². The van der Waals surface area contributed by atoms with Gasteiger partial charge in [0.1, 0.15) is 18.3 Å². The second-order valence-corrected chi connectivity index (χ2v) is 9.82. The number of hydrogen-bond donors (Lipinski definition) is 0. The lowest BCUT2D eigenvalue weighted by Gasteiger charge is -2.47. The first-order valence-corrected chi connectivity index (χ1v) is 12.1. The molecule has 7 heteroatoms. The van der Waals surface area contributed by atoms with Gasteiger partial charge in [-0.15, -0.1) is 0 Å². The Bertz CT molecular complexity index is 779. The molecule has 1 aromatic carbocycles. The van der Waals surface area contributed by atoms with Gasteiger partial charge in [-0.3, -0.25) is 19.4 Å². The number of piperidine rings is 1. The fourth-order valence-electron chi connectivity index (χ4n) is 4.81. The molecular weight excluding hydrogens is 428 g/mol. The minimum absolute atomic E-state index is 0.0480. The normalized spacial score (nSPS) is 26.8. The highest BCUT2D eigenvalue weighted by Gasteiger charge is 2.40. The Kier molecular flexibility index (Phi) is 9.12. The zero-order valence-electron chi connectivity index (χ0n) is 19.6. The monoisotopic (exact) mass is 464 g/mol. The van der Waals surface area contributed by atoms with Crippen LogP contribution in [0.25, 0.3) is 0 Å². The van der Waals surface area contributed by atoms with Gasteiger partial charge in [-0.25, -0.2) is 0 Å². The number of likely N-dealkylation sites (N-methyl/N-ethyl adjacent to an activating group) is 1. The molecule has 0 saturated carbocycles. The van der Waals surface area contributed by atoms with Crippen molar-refractivity contribution >= 4 is 23.4 Å². The van der Waals surface area contributed by atoms with Crippen LogP contribution in [0.4, 0.5) is 0 Å². The van der Waals surface area contributed by atoms with E-state index in [4.69, 9.17) is 21.1 Å². The molecule has 3 rings (SSSR count). The van der Waals surface area contributed by atoms with E-state index < -0.39 is 11.9 Å². The number of carbonyl (C=O) groups excluding carboxylic acids is 2. The quantitative estimate of drug-likeness (QED) is 0.498. The van der Waals surface area contributed by atoms with Gasteiger partial charge in [-0.2, -0.15) is 0 Å². The Morgan fingerprint density at radius 1 is 1.19 bits per heavy atom. The third-order valence-corrected chi connectivity index (χ3v) is 7.51. The van der Waals surface area contributed by atoms with Crippen LogP contribution in [0.2, 0.25) is 5.02 Å². The molecule has 0 bridgehead atoms. The zero-order valence-corrected chi connectivity index (χ0v) is 20.4. The van der Waals surface area contributed by atoms with Crippen molar-refractivity contribution in [2.24, 2.45) is 5.92 Å².